The van der Waals surface area contributed by atoms with E-state index < -0.39 is 28.8 Å². The van der Waals surface area contributed by atoms with E-state index in [2.05, 4.69) is 5.32 Å². The van der Waals surface area contributed by atoms with Gasteiger partial charge in [-0.3, -0.25) is 9.00 Å². The van der Waals surface area contributed by atoms with Crippen molar-refractivity contribution >= 4 is 23.0 Å². The Morgan fingerprint density at radius 3 is 2.30 bits per heavy atom. The van der Waals surface area contributed by atoms with Crippen LogP contribution < -0.4 is 10.1 Å². The van der Waals surface area contributed by atoms with E-state index in [4.69, 9.17) is 9.47 Å². The molecule has 0 spiro atoms. The third-order valence-electron chi connectivity index (χ3n) is 2.61. The van der Waals surface area contributed by atoms with Crippen molar-refractivity contribution in [3.05, 3.63) is 24.3 Å². The van der Waals surface area contributed by atoms with E-state index >= 15 is 0 Å². The number of benzene rings is 1. The standard InChI is InChI=1S/C15H21NO6S/c1-10(16-14(18)22-15(2,3)4)13(17)9-21-11-5-7-12(8-6-11)23(19)20/h5-8,10H,9H2,1-4H3,(H,16,18)(H,19,20)/p-1/t10-/m0/s1. The molecule has 128 valence electrons. The van der Waals surface area contributed by atoms with Crippen LogP contribution in [0.15, 0.2) is 29.2 Å². The Bertz CT molecular complexity index is 579. The molecule has 1 aromatic rings. The van der Waals surface area contributed by atoms with Crippen LogP contribution in [0, 0.1) is 0 Å². The molecule has 1 aromatic carbocycles. The highest BCUT2D eigenvalue weighted by Gasteiger charge is 2.21. The van der Waals surface area contributed by atoms with Gasteiger partial charge in [-0.25, -0.2) is 4.79 Å². The summed E-state index contributed by atoms with van der Waals surface area (Å²) >= 11 is -2.31. The quantitative estimate of drug-likeness (QED) is 0.790. The lowest BCUT2D eigenvalue weighted by Crippen LogP contribution is -2.43. The molecule has 0 aliphatic rings. The van der Waals surface area contributed by atoms with Gasteiger partial charge in [-0.2, -0.15) is 0 Å². The number of hydrogen-bond acceptors (Lipinski definition) is 6. The maximum Gasteiger partial charge on any atom is 0.408 e. The maximum absolute atomic E-state index is 11.9. The Morgan fingerprint density at radius 2 is 1.83 bits per heavy atom. The molecule has 8 heteroatoms. The van der Waals surface area contributed by atoms with Crippen LogP contribution in [0.2, 0.25) is 0 Å². The van der Waals surface area contributed by atoms with Gasteiger partial charge in [-0.05, 0) is 63.0 Å². The van der Waals surface area contributed by atoms with Crippen molar-refractivity contribution in [1.82, 2.24) is 5.32 Å². The van der Waals surface area contributed by atoms with Crippen LogP contribution in [0.1, 0.15) is 27.7 Å². The zero-order valence-electron chi connectivity index (χ0n) is 13.5. The number of hydrogen-bond donors (Lipinski definition) is 1. The van der Waals surface area contributed by atoms with E-state index in [0.29, 0.717) is 5.75 Å². The Labute approximate surface area is 137 Å². The van der Waals surface area contributed by atoms with Gasteiger partial charge in [0.05, 0.1) is 6.04 Å². The lowest BCUT2D eigenvalue weighted by molar-refractivity contribution is -0.122. The molecule has 1 amide bonds. The third kappa shape index (κ3) is 7.25. The van der Waals surface area contributed by atoms with Crippen LogP contribution in [-0.4, -0.2) is 38.9 Å². The van der Waals surface area contributed by atoms with Crippen molar-refractivity contribution in [2.75, 3.05) is 6.61 Å². The molecule has 0 heterocycles. The van der Waals surface area contributed by atoms with Gasteiger partial charge in [0.25, 0.3) is 0 Å². The fourth-order valence-corrected chi connectivity index (χ4v) is 1.85. The first kappa shape index (κ1) is 19.1. The van der Waals surface area contributed by atoms with Gasteiger partial charge in [-0.1, -0.05) is 0 Å². The minimum absolute atomic E-state index is 0.128. The van der Waals surface area contributed by atoms with Crippen LogP contribution in [0.25, 0.3) is 0 Å². The van der Waals surface area contributed by atoms with Crippen LogP contribution in [0.4, 0.5) is 4.79 Å². The molecule has 0 aliphatic carbocycles. The molecule has 1 rings (SSSR count). The summed E-state index contributed by atoms with van der Waals surface area (Å²) in [5.74, 6) is 0.0179. The monoisotopic (exact) mass is 342 g/mol. The van der Waals surface area contributed by atoms with E-state index in [1.165, 1.54) is 31.2 Å². The summed E-state index contributed by atoms with van der Waals surface area (Å²) in [7, 11) is 0. The first-order valence-corrected chi connectivity index (χ1v) is 8.00. The lowest BCUT2D eigenvalue weighted by atomic mass is 10.2. The zero-order chi connectivity index (χ0) is 17.6. The van der Waals surface area contributed by atoms with Crippen molar-refractivity contribution in [3.63, 3.8) is 0 Å². The largest absolute Gasteiger partial charge is 0.768 e. The van der Waals surface area contributed by atoms with Crippen molar-refractivity contribution < 1.29 is 27.8 Å². The third-order valence-corrected chi connectivity index (χ3v) is 3.27. The second-order valence-corrected chi connectivity index (χ2v) is 6.77. The van der Waals surface area contributed by atoms with Crippen molar-refractivity contribution in [1.29, 1.82) is 0 Å². The highest BCUT2D eigenvalue weighted by Crippen LogP contribution is 2.14. The highest BCUT2D eigenvalue weighted by molar-refractivity contribution is 7.79. The first-order valence-electron chi connectivity index (χ1n) is 6.93. The van der Waals surface area contributed by atoms with Crippen LogP contribution >= 0.6 is 0 Å². The number of rotatable bonds is 6. The molecule has 0 bridgehead atoms. The van der Waals surface area contributed by atoms with Crippen molar-refractivity contribution in [2.45, 2.75) is 44.2 Å². The number of Topliss-reactive ketones (excluding diaryl/α,β-unsaturated/α-hetero) is 1. The summed E-state index contributed by atoms with van der Waals surface area (Å²) in [6.07, 6.45) is -0.680. The SMILES string of the molecule is C[C@H](NC(=O)OC(C)(C)C)C(=O)COc1ccc(S(=O)[O-])cc1. The van der Waals surface area contributed by atoms with Gasteiger partial charge in [0.15, 0.2) is 5.78 Å². The van der Waals surface area contributed by atoms with Gasteiger partial charge in [0, 0.05) is 4.90 Å². The van der Waals surface area contributed by atoms with Gasteiger partial charge in [0.2, 0.25) is 0 Å². The molecule has 1 N–H and O–H groups in total. The molecule has 2 atom stereocenters. The summed E-state index contributed by atoms with van der Waals surface area (Å²) in [4.78, 5) is 23.6. The molecular weight excluding hydrogens is 322 g/mol. The summed E-state index contributed by atoms with van der Waals surface area (Å²) in [5.41, 5.74) is -0.646. The molecule has 0 saturated carbocycles. The first-order chi connectivity index (χ1) is 10.6. The van der Waals surface area contributed by atoms with E-state index in [0.717, 1.165) is 0 Å². The number of amides is 1. The number of nitrogens with one attached hydrogen (secondary N) is 1. The minimum atomic E-state index is -2.31. The number of ketones is 1. The lowest BCUT2D eigenvalue weighted by Gasteiger charge is -2.21. The minimum Gasteiger partial charge on any atom is -0.768 e. The predicted octanol–water partition coefficient (Wildman–Crippen LogP) is 1.79. The van der Waals surface area contributed by atoms with Gasteiger partial charge in [0.1, 0.15) is 18.0 Å². The van der Waals surface area contributed by atoms with Crippen molar-refractivity contribution in [3.8, 4) is 5.75 Å². The fourth-order valence-electron chi connectivity index (χ4n) is 1.49. The maximum atomic E-state index is 11.9. The fraction of sp³-hybridized carbons (Fsp3) is 0.467. The molecule has 7 nitrogen and oxygen atoms in total. The molecular formula is C15H20NO6S-. The summed E-state index contributed by atoms with van der Waals surface area (Å²) in [5, 5.41) is 2.42. The van der Waals surface area contributed by atoms with E-state index in [9.17, 15) is 18.4 Å². The van der Waals surface area contributed by atoms with Crippen LogP contribution in [0.3, 0.4) is 0 Å². The Morgan fingerprint density at radius 1 is 1.26 bits per heavy atom. The molecule has 23 heavy (non-hydrogen) atoms. The Balaban J connectivity index is 2.46. The zero-order valence-corrected chi connectivity index (χ0v) is 14.3. The van der Waals surface area contributed by atoms with E-state index in [1.54, 1.807) is 20.8 Å². The summed E-state index contributed by atoms with van der Waals surface area (Å²) in [6.45, 7) is 6.44. The molecule has 0 fully saturated rings. The van der Waals surface area contributed by atoms with E-state index in [-0.39, 0.29) is 17.3 Å². The van der Waals surface area contributed by atoms with E-state index in [1.807, 2.05) is 0 Å². The Hall–Kier alpha value is -1.93. The number of carbonyl (C=O) groups is 2. The van der Waals surface area contributed by atoms with Crippen LogP contribution in [0.5, 0.6) is 5.75 Å². The number of ether oxygens (including phenoxy) is 2. The number of carbonyl (C=O) groups excluding carboxylic acids is 2. The Kier molecular flexibility index (Phi) is 6.71. The number of alkyl carbamates (subject to hydrolysis) is 1. The molecule has 0 aliphatic heterocycles. The average molecular weight is 342 g/mol. The molecule has 0 aromatic heterocycles. The summed E-state index contributed by atoms with van der Waals surface area (Å²) in [6, 6.07) is 4.86. The van der Waals surface area contributed by atoms with Crippen LogP contribution in [-0.2, 0) is 20.6 Å². The predicted molar refractivity (Wildman–Crippen MR) is 83.0 cm³/mol. The van der Waals surface area contributed by atoms with Crippen molar-refractivity contribution in [2.24, 2.45) is 0 Å². The second kappa shape index (κ2) is 8.07. The highest BCUT2D eigenvalue weighted by atomic mass is 32.2. The average Bonchev–Trinajstić information content (AvgIpc) is 2.42. The topological polar surface area (TPSA) is 105 Å². The molecule has 1 unspecified atom stereocenters. The van der Waals surface area contributed by atoms with Gasteiger partial charge in [-0.15, -0.1) is 0 Å². The summed E-state index contributed by atoms with van der Waals surface area (Å²) < 4.78 is 31.8. The van der Waals surface area contributed by atoms with Gasteiger partial charge >= 0.3 is 6.09 Å². The molecule has 0 radical (unpaired) electrons. The normalized spacial score (nSPS) is 13.8. The smallest absolute Gasteiger partial charge is 0.408 e. The van der Waals surface area contributed by atoms with Gasteiger partial charge < -0.3 is 19.3 Å². The molecule has 0 saturated heterocycles. The second-order valence-electron chi connectivity index (χ2n) is 5.83.